The van der Waals surface area contributed by atoms with Crippen molar-refractivity contribution in [1.82, 2.24) is 9.38 Å². The fourth-order valence-corrected chi connectivity index (χ4v) is 2.69. The lowest BCUT2D eigenvalue weighted by atomic mass is 10.3. The molecule has 0 unspecified atom stereocenters. The summed E-state index contributed by atoms with van der Waals surface area (Å²) in [6, 6.07) is 11.8. The Morgan fingerprint density at radius 2 is 1.96 bits per heavy atom. The highest BCUT2D eigenvalue weighted by Crippen LogP contribution is 2.13. The van der Waals surface area contributed by atoms with Crippen molar-refractivity contribution in [2.45, 2.75) is 11.8 Å². The number of primary sulfonamides is 1. The number of sulfonamides is 1. The van der Waals surface area contributed by atoms with Crippen LogP contribution in [0.4, 0.5) is 5.69 Å². The molecule has 0 radical (unpaired) electrons. The first-order valence-electron chi connectivity index (χ1n) is 6.81. The molecule has 0 fully saturated rings. The van der Waals surface area contributed by atoms with Gasteiger partial charge in [0.05, 0.1) is 28.2 Å². The van der Waals surface area contributed by atoms with Crippen molar-refractivity contribution >= 4 is 27.6 Å². The largest absolute Gasteiger partial charge is 0.298 e. The number of hydrogen-bond donors (Lipinski definition) is 2. The van der Waals surface area contributed by atoms with E-state index in [1.807, 2.05) is 35.7 Å². The van der Waals surface area contributed by atoms with Crippen molar-refractivity contribution in [2.24, 2.45) is 10.2 Å². The van der Waals surface area contributed by atoms with E-state index in [-0.39, 0.29) is 4.90 Å². The zero-order valence-electron chi connectivity index (χ0n) is 12.3. The minimum atomic E-state index is -3.68. The molecule has 0 spiro atoms. The number of imidazole rings is 1. The molecule has 1 aromatic carbocycles. The second-order valence-corrected chi connectivity index (χ2v) is 6.51. The molecule has 7 nitrogen and oxygen atoms in total. The third kappa shape index (κ3) is 3.22. The van der Waals surface area contributed by atoms with Gasteiger partial charge >= 0.3 is 0 Å². The van der Waals surface area contributed by atoms with Gasteiger partial charge in [-0.3, -0.25) is 9.83 Å². The number of hydrazone groups is 1. The maximum atomic E-state index is 11.2. The van der Waals surface area contributed by atoms with Crippen molar-refractivity contribution in [1.29, 1.82) is 0 Å². The minimum absolute atomic E-state index is 0.0599. The van der Waals surface area contributed by atoms with E-state index in [2.05, 4.69) is 15.5 Å². The molecule has 0 aliphatic carbocycles. The molecule has 0 saturated heterocycles. The molecule has 2 heterocycles. The Hall–Kier alpha value is -2.71. The maximum absolute atomic E-state index is 11.2. The van der Waals surface area contributed by atoms with Gasteiger partial charge in [-0.25, -0.2) is 18.5 Å². The normalized spacial score (nSPS) is 12.1. The van der Waals surface area contributed by atoms with E-state index in [1.165, 1.54) is 12.1 Å². The quantitative estimate of drug-likeness (QED) is 0.562. The van der Waals surface area contributed by atoms with Crippen LogP contribution in [0.5, 0.6) is 0 Å². The van der Waals surface area contributed by atoms with Crippen LogP contribution in [0, 0.1) is 6.92 Å². The molecule has 3 N–H and O–H groups in total. The Kier molecular flexibility index (Phi) is 3.85. The number of hydrogen-bond acceptors (Lipinski definition) is 5. The fraction of sp³-hybridized carbons (Fsp3) is 0.0667. The molecule has 118 valence electrons. The van der Waals surface area contributed by atoms with Crippen LogP contribution in [0.15, 0.2) is 58.7 Å². The third-order valence-electron chi connectivity index (χ3n) is 3.31. The van der Waals surface area contributed by atoms with Gasteiger partial charge in [0.15, 0.2) is 0 Å². The maximum Gasteiger partial charge on any atom is 0.238 e. The summed E-state index contributed by atoms with van der Waals surface area (Å²) in [5, 5.41) is 9.22. The first-order chi connectivity index (χ1) is 10.9. The highest BCUT2D eigenvalue weighted by molar-refractivity contribution is 7.89. The SMILES string of the molecule is Cc1nc2ccccn2c1C=NNc1ccc(S(N)(=O)=O)cc1. The highest BCUT2D eigenvalue weighted by atomic mass is 32.2. The molecule has 2 aromatic heterocycles. The molecule has 0 amide bonds. The summed E-state index contributed by atoms with van der Waals surface area (Å²) in [6.45, 7) is 1.91. The van der Waals surface area contributed by atoms with Crippen molar-refractivity contribution in [3.05, 3.63) is 60.0 Å². The third-order valence-corrected chi connectivity index (χ3v) is 4.24. The summed E-state index contributed by atoms with van der Waals surface area (Å²) >= 11 is 0. The van der Waals surface area contributed by atoms with Crippen LogP contribution in [0.1, 0.15) is 11.4 Å². The molecule has 8 heteroatoms. The average molecular weight is 329 g/mol. The Morgan fingerprint density at radius 3 is 2.65 bits per heavy atom. The summed E-state index contributed by atoms with van der Waals surface area (Å²) in [7, 11) is -3.68. The summed E-state index contributed by atoms with van der Waals surface area (Å²) in [6.07, 6.45) is 3.58. The molecule has 0 saturated carbocycles. The van der Waals surface area contributed by atoms with Crippen molar-refractivity contribution in [3.63, 3.8) is 0 Å². The van der Waals surface area contributed by atoms with E-state index < -0.39 is 10.0 Å². The molecule has 0 bridgehead atoms. The lowest BCUT2D eigenvalue weighted by Crippen LogP contribution is -2.11. The summed E-state index contributed by atoms with van der Waals surface area (Å²) in [4.78, 5) is 4.50. The van der Waals surface area contributed by atoms with Crippen LogP contribution < -0.4 is 10.6 Å². The zero-order chi connectivity index (χ0) is 16.4. The second-order valence-electron chi connectivity index (χ2n) is 4.95. The predicted molar refractivity (Wildman–Crippen MR) is 89.0 cm³/mol. The number of anilines is 1. The van der Waals surface area contributed by atoms with Crippen LogP contribution in [0.3, 0.4) is 0 Å². The van der Waals surface area contributed by atoms with Gasteiger partial charge in [-0.05, 0) is 43.3 Å². The Balaban J connectivity index is 1.79. The Bertz CT molecular complexity index is 975. The average Bonchev–Trinajstić information content (AvgIpc) is 2.83. The molecule has 0 aliphatic rings. The first-order valence-corrected chi connectivity index (χ1v) is 8.35. The van der Waals surface area contributed by atoms with Gasteiger partial charge < -0.3 is 0 Å². The molecule has 3 rings (SSSR count). The minimum Gasteiger partial charge on any atom is -0.298 e. The number of aryl methyl sites for hydroxylation is 1. The summed E-state index contributed by atoms with van der Waals surface area (Å²) < 4.78 is 24.3. The number of rotatable bonds is 4. The van der Waals surface area contributed by atoms with E-state index in [0.29, 0.717) is 5.69 Å². The van der Waals surface area contributed by atoms with Gasteiger partial charge in [-0.1, -0.05) is 6.07 Å². The molecule has 0 aliphatic heterocycles. The fourth-order valence-electron chi connectivity index (χ4n) is 2.18. The van der Waals surface area contributed by atoms with Crippen molar-refractivity contribution in [2.75, 3.05) is 5.43 Å². The van der Waals surface area contributed by atoms with Crippen LogP contribution in [-0.4, -0.2) is 24.0 Å². The van der Waals surface area contributed by atoms with Crippen LogP contribution in [-0.2, 0) is 10.0 Å². The van der Waals surface area contributed by atoms with Crippen LogP contribution in [0.2, 0.25) is 0 Å². The number of nitrogens with zero attached hydrogens (tertiary/aromatic N) is 3. The lowest BCUT2D eigenvalue weighted by Gasteiger charge is -2.02. The summed E-state index contributed by atoms with van der Waals surface area (Å²) in [5.74, 6) is 0. The zero-order valence-corrected chi connectivity index (χ0v) is 13.2. The topological polar surface area (TPSA) is 102 Å². The van der Waals surface area contributed by atoms with Gasteiger partial charge in [-0.15, -0.1) is 0 Å². The number of aromatic nitrogens is 2. The Morgan fingerprint density at radius 1 is 1.22 bits per heavy atom. The number of nitrogens with one attached hydrogen (secondary N) is 1. The van der Waals surface area contributed by atoms with Crippen molar-refractivity contribution < 1.29 is 8.42 Å². The highest BCUT2D eigenvalue weighted by Gasteiger charge is 2.07. The van der Waals surface area contributed by atoms with Crippen molar-refractivity contribution in [3.8, 4) is 0 Å². The van der Waals surface area contributed by atoms with Gasteiger partial charge in [0.2, 0.25) is 10.0 Å². The predicted octanol–water partition coefficient (Wildman–Crippen LogP) is 1.74. The number of fused-ring (bicyclic) bond motifs is 1. The lowest BCUT2D eigenvalue weighted by molar-refractivity contribution is 0.598. The molecular weight excluding hydrogens is 314 g/mol. The Labute approximate surface area is 133 Å². The summed E-state index contributed by atoms with van der Waals surface area (Å²) in [5.41, 5.74) is 6.09. The van der Waals surface area contributed by atoms with E-state index in [0.717, 1.165) is 17.0 Å². The van der Waals surface area contributed by atoms with E-state index in [1.54, 1.807) is 18.3 Å². The first kappa shape index (κ1) is 15.2. The standard InChI is InChI=1S/C15H15N5O2S/c1-11-14(20-9-3-2-4-15(20)18-11)10-17-19-12-5-7-13(8-6-12)23(16,21)22/h2-10,19H,1H3,(H2,16,21,22). The number of benzene rings is 1. The smallest absolute Gasteiger partial charge is 0.238 e. The molecule has 3 aromatic rings. The van der Waals surface area contributed by atoms with Gasteiger partial charge in [0.1, 0.15) is 5.65 Å². The van der Waals surface area contributed by atoms with Gasteiger partial charge in [0, 0.05) is 6.20 Å². The molecule has 23 heavy (non-hydrogen) atoms. The van der Waals surface area contributed by atoms with Gasteiger partial charge in [0.25, 0.3) is 0 Å². The molecular formula is C15H15N5O2S. The number of pyridine rings is 1. The number of nitrogens with two attached hydrogens (primary N) is 1. The van der Waals surface area contributed by atoms with Crippen LogP contribution in [0.25, 0.3) is 5.65 Å². The monoisotopic (exact) mass is 329 g/mol. The van der Waals surface area contributed by atoms with Gasteiger partial charge in [-0.2, -0.15) is 5.10 Å². The second kappa shape index (κ2) is 5.82. The van der Waals surface area contributed by atoms with Crippen LogP contribution >= 0.6 is 0 Å². The van der Waals surface area contributed by atoms with E-state index >= 15 is 0 Å². The van der Waals surface area contributed by atoms with E-state index in [4.69, 9.17) is 5.14 Å². The van der Waals surface area contributed by atoms with E-state index in [9.17, 15) is 8.42 Å². The molecule has 0 atom stereocenters.